The Morgan fingerprint density at radius 2 is 2.17 bits per heavy atom. The van der Waals surface area contributed by atoms with E-state index in [2.05, 4.69) is 27.2 Å². The van der Waals surface area contributed by atoms with Gasteiger partial charge in [0.05, 0.1) is 0 Å². The monoisotopic (exact) mass is 313 g/mol. The zero-order chi connectivity index (χ0) is 16.7. The number of nitrogens with one attached hydrogen (secondary N) is 1. The Morgan fingerprint density at radius 3 is 2.87 bits per heavy atom. The fraction of sp³-hybridized carbons (Fsp3) is 0.412. The highest BCUT2D eigenvalue weighted by molar-refractivity contribution is 5.92. The molecule has 0 saturated heterocycles. The first kappa shape index (κ1) is 16.9. The van der Waals surface area contributed by atoms with Crippen molar-refractivity contribution in [2.45, 2.75) is 33.2 Å². The van der Waals surface area contributed by atoms with E-state index in [1.54, 1.807) is 30.4 Å². The van der Waals surface area contributed by atoms with Gasteiger partial charge in [0.25, 0.3) is 5.91 Å². The third-order valence-electron chi connectivity index (χ3n) is 3.44. The maximum Gasteiger partial charge on any atom is 0.272 e. The fourth-order valence-corrected chi connectivity index (χ4v) is 2.13. The van der Waals surface area contributed by atoms with Crippen molar-refractivity contribution < 1.29 is 4.79 Å². The molecule has 2 aromatic rings. The Kier molecular flexibility index (Phi) is 6.02. The lowest BCUT2D eigenvalue weighted by Gasteiger charge is -2.16. The number of carbonyl (C=O) groups is 1. The quantitative estimate of drug-likeness (QED) is 0.851. The third-order valence-corrected chi connectivity index (χ3v) is 3.44. The van der Waals surface area contributed by atoms with E-state index < -0.39 is 0 Å². The minimum atomic E-state index is -0.0756. The van der Waals surface area contributed by atoms with Gasteiger partial charge in [0.15, 0.2) is 0 Å². The lowest BCUT2D eigenvalue weighted by molar-refractivity contribution is 0.0787. The summed E-state index contributed by atoms with van der Waals surface area (Å²) >= 11 is 0. The third kappa shape index (κ3) is 5.02. The van der Waals surface area contributed by atoms with E-state index in [4.69, 9.17) is 0 Å². The van der Waals surface area contributed by atoms with Crippen LogP contribution in [-0.2, 0) is 6.54 Å². The SMILES string of the molecule is CCCCN(C)C(=O)c1cc(C)nc(NCc2cccnc2)n1. The van der Waals surface area contributed by atoms with Crippen molar-refractivity contribution in [1.82, 2.24) is 19.9 Å². The number of hydrogen-bond acceptors (Lipinski definition) is 5. The molecule has 2 aromatic heterocycles. The smallest absolute Gasteiger partial charge is 0.272 e. The second kappa shape index (κ2) is 8.22. The van der Waals surface area contributed by atoms with Crippen molar-refractivity contribution in [2.75, 3.05) is 18.9 Å². The summed E-state index contributed by atoms with van der Waals surface area (Å²) in [6.07, 6.45) is 5.56. The van der Waals surface area contributed by atoms with Crippen molar-refractivity contribution in [3.8, 4) is 0 Å². The number of nitrogens with zero attached hydrogens (tertiary/aromatic N) is 4. The van der Waals surface area contributed by atoms with Gasteiger partial charge in [0.2, 0.25) is 5.95 Å². The Hall–Kier alpha value is -2.50. The first-order valence-electron chi connectivity index (χ1n) is 7.84. The van der Waals surface area contributed by atoms with Gasteiger partial charge in [0, 0.05) is 38.2 Å². The summed E-state index contributed by atoms with van der Waals surface area (Å²) in [6, 6.07) is 5.58. The second-order valence-corrected chi connectivity index (χ2v) is 5.51. The number of anilines is 1. The van der Waals surface area contributed by atoms with Crippen molar-refractivity contribution in [2.24, 2.45) is 0 Å². The van der Waals surface area contributed by atoms with Gasteiger partial charge in [-0.3, -0.25) is 9.78 Å². The Bertz CT molecular complexity index is 645. The number of pyridine rings is 1. The van der Waals surface area contributed by atoms with Crippen LogP contribution in [0.25, 0.3) is 0 Å². The minimum absolute atomic E-state index is 0.0756. The van der Waals surface area contributed by atoms with E-state index in [1.807, 2.05) is 19.1 Å². The predicted octanol–water partition coefficient (Wildman–Crippen LogP) is 2.66. The summed E-state index contributed by atoms with van der Waals surface area (Å²) in [5.41, 5.74) is 2.22. The molecule has 2 heterocycles. The zero-order valence-electron chi connectivity index (χ0n) is 13.9. The first-order chi connectivity index (χ1) is 11.1. The molecule has 0 aliphatic carbocycles. The molecular weight excluding hydrogens is 290 g/mol. The van der Waals surface area contributed by atoms with Gasteiger partial charge in [-0.2, -0.15) is 0 Å². The molecule has 0 aromatic carbocycles. The van der Waals surface area contributed by atoms with Crippen LogP contribution in [0.15, 0.2) is 30.6 Å². The summed E-state index contributed by atoms with van der Waals surface area (Å²) in [7, 11) is 1.80. The number of rotatable bonds is 7. The number of amides is 1. The summed E-state index contributed by atoms with van der Waals surface area (Å²) in [6.45, 7) is 5.26. The van der Waals surface area contributed by atoms with E-state index in [9.17, 15) is 4.79 Å². The molecule has 6 heteroatoms. The van der Waals surface area contributed by atoms with Crippen LogP contribution in [0.3, 0.4) is 0 Å². The zero-order valence-corrected chi connectivity index (χ0v) is 13.9. The molecule has 23 heavy (non-hydrogen) atoms. The average molecular weight is 313 g/mol. The molecule has 1 N–H and O–H groups in total. The lowest BCUT2D eigenvalue weighted by atomic mass is 10.2. The lowest BCUT2D eigenvalue weighted by Crippen LogP contribution is -2.28. The van der Waals surface area contributed by atoms with Crippen molar-refractivity contribution in [1.29, 1.82) is 0 Å². The summed E-state index contributed by atoms with van der Waals surface area (Å²) in [5, 5.41) is 3.15. The summed E-state index contributed by atoms with van der Waals surface area (Å²) in [4.78, 5) is 26.9. The van der Waals surface area contributed by atoms with Crippen LogP contribution in [0.2, 0.25) is 0 Å². The highest BCUT2D eigenvalue weighted by atomic mass is 16.2. The van der Waals surface area contributed by atoms with Crippen LogP contribution < -0.4 is 5.32 Å². The average Bonchev–Trinajstić information content (AvgIpc) is 2.57. The van der Waals surface area contributed by atoms with Crippen molar-refractivity contribution in [3.05, 3.63) is 47.5 Å². The molecule has 0 bridgehead atoms. The second-order valence-electron chi connectivity index (χ2n) is 5.51. The highest BCUT2D eigenvalue weighted by Gasteiger charge is 2.14. The number of unbranched alkanes of at least 4 members (excludes halogenated alkanes) is 1. The van der Waals surface area contributed by atoms with E-state index in [0.29, 0.717) is 18.2 Å². The molecule has 0 fully saturated rings. The molecule has 2 rings (SSSR count). The van der Waals surface area contributed by atoms with Crippen LogP contribution >= 0.6 is 0 Å². The van der Waals surface area contributed by atoms with Gasteiger partial charge in [-0.05, 0) is 31.0 Å². The van der Waals surface area contributed by atoms with E-state index in [1.165, 1.54) is 0 Å². The van der Waals surface area contributed by atoms with Crippen LogP contribution in [0, 0.1) is 6.92 Å². The number of carbonyl (C=O) groups excluding carboxylic acids is 1. The molecule has 0 saturated carbocycles. The van der Waals surface area contributed by atoms with Gasteiger partial charge >= 0.3 is 0 Å². The normalized spacial score (nSPS) is 10.4. The molecule has 0 unspecified atom stereocenters. The highest BCUT2D eigenvalue weighted by Crippen LogP contribution is 2.09. The topological polar surface area (TPSA) is 71.0 Å². The standard InChI is InChI=1S/C17H23N5O/c1-4-5-9-22(3)16(23)15-10-13(2)20-17(21-15)19-12-14-7-6-8-18-11-14/h6-8,10-11H,4-5,9,12H2,1-3H3,(H,19,20,21). The molecule has 0 aliphatic heterocycles. The largest absolute Gasteiger partial charge is 0.350 e. The molecule has 1 amide bonds. The van der Waals surface area contributed by atoms with Crippen LogP contribution in [0.1, 0.15) is 41.5 Å². The van der Waals surface area contributed by atoms with Crippen LogP contribution in [0.5, 0.6) is 0 Å². The molecule has 0 atom stereocenters. The van der Waals surface area contributed by atoms with Gasteiger partial charge < -0.3 is 10.2 Å². The molecule has 0 radical (unpaired) electrons. The maximum atomic E-state index is 12.4. The van der Waals surface area contributed by atoms with E-state index >= 15 is 0 Å². The number of aromatic nitrogens is 3. The van der Waals surface area contributed by atoms with Crippen molar-refractivity contribution in [3.63, 3.8) is 0 Å². The fourth-order valence-electron chi connectivity index (χ4n) is 2.13. The Labute approximate surface area is 137 Å². The van der Waals surface area contributed by atoms with Gasteiger partial charge in [-0.15, -0.1) is 0 Å². The summed E-state index contributed by atoms with van der Waals surface area (Å²) in [5.74, 6) is 0.384. The molecular formula is C17H23N5O. The number of aryl methyl sites for hydroxylation is 1. The molecule has 122 valence electrons. The molecule has 6 nitrogen and oxygen atoms in total. The Morgan fingerprint density at radius 1 is 1.35 bits per heavy atom. The summed E-state index contributed by atoms with van der Waals surface area (Å²) < 4.78 is 0. The molecule has 0 aliphatic rings. The predicted molar refractivity (Wildman–Crippen MR) is 90.2 cm³/mol. The van der Waals surface area contributed by atoms with Gasteiger partial charge in [-0.25, -0.2) is 9.97 Å². The maximum absolute atomic E-state index is 12.4. The van der Waals surface area contributed by atoms with Crippen molar-refractivity contribution >= 4 is 11.9 Å². The van der Waals surface area contributed by atoms with E-state index in [-0.39, 0.29) is 5.91 Å². The van der Waals surface area contributed by atoms with Gasteiger partial charge in [-0.1, -0.05) is 19.4 Å². The minimum Gasteiger partial charge on any atom is -0.350 e. The van der Waals surface area contributed by atoms with Crippen LogP contribution in [0.4, 0.5) is 5.95 Å². The van der Waals surface area contributed by atoms with Gasteiger partial charge in [0.1, 0.15) is 5.69 Å². The first-order valence-corrected chi connectivity index (χ1v) is 7.84. The Balaban J connectivity index is 2.07. The number of hydrogen-bond donors (Lipinski definition) is 1. The van der Waals surface area contributed by atoms with E-state index in [0.717, 1.165) is 30.6 Å². The molecule has 0 spiro atoms. The van der Waals surface area contributed by atoms with Crippen LogP contribution in [-0.4, -0.2) is 39.4 Å².